The van der Waals surface area contributed by atoms with Crippen molar-refractivity contribution in [3.63, 3.8) is 0 Å². The zero-order valence-corrected chi connectivity index (χ0v) is 12.8. The largest absolute Gasteiger partial charge is 0.448 e. The molecular weight excluding hydrogens is 318 g/mol. The van der Waals surface area contributed by atoms with Crippen LogP contribution in [0.3, 0.4) is 0 Å². The third kappa shape index (κ3) is 3.81. The first-order valence-electron chi connectivity index (χ1n) is 5.62. The van der Waals surface area contributed by atoms with Gasteiger partial charge in [0, 0.05) is 16.0 Å². The van der Waals surface area contributed by atoms with Gasteiger partial charge in [0.05, 0.1) is 16.3 Å². The van der Waals surface area contributed by atoms with Crippen LogP contribution >= 0.6 is 15.9 Å². The highest BCUT2D eigenvalue weighted by Gasteiger charge is 2.13. The molecule has 100 valence electrons. The van der Waals surface area contributed by atoms with Gasteiger partial charge in [-0.25, -0.2) is 9.00 Å². The Morgan fingerprint density at radius 3 is 2.39 bits per heavy atom. The molecule has 0 saturated carbocycles. The van der Waals surface area contributed by atoms with Crippen LogP contribution in [-0.2, 0) is 19.8 Å². The van der Waals surface area contributed by atoms with Crippen molar-refractivity contribution in [3.8, 4) is 0 Å². The first kappa shape index (κ1) is 15.2. The Balaban J connectivity index is 3.14. The van der Waals surface area contributed by atoms with E-state index in [9.17, 15) is 9.00 Å². The third-order valence-electron chi connectivity index (χ3n) is 2.33. The fourth-order valence-electron chi connectivity index (χ4n) is 1.35. The van der Waals surface area contributed by atoms with E-state index in [1.165, 1.54) is 0 Å². The van der Waals surface area contributed by atoms with E-state index in [1.807, 2.05) is 12.1 Å². The van der Waals surface area contributed by atoms with E-state index < -0.39 is 15.8 Å². The van der Waals surface area contributed by atoms with Crippen LogP contribution in [0.2, 0.25) is 0 Å². The normalized spacial score (nSPS) is 13.7. The fourth-order valence-corrected chi connectivity index (χ4v) is 3.14. The van der Waals surface area contributed by atoms with Crippen molar-refractivity contribution in [3.05, 3.63) is 29.8 Å². The van der Waals surface area contributed by atoms with Gasteiger partial charge in [-0.3, -0.25) is 0 Å². The van der Waals surface area contributed by atoms with Gasteiger partial charge in [0.15, 0.2) is 0 Å². The molecule has 0 fully saturated rings. The van der Waals surface area contributed by atoms with E-state index in [1.54, 1.807) is 26.0 Å². The van der Waals surface area contributed by atoms with Gasteiger partial charge in [0.25, 0.3) is 0 Å². The number of benzene rings is 1. The topological polar surface area (TPSA) is 55.7 Å². The van der Waals surface area contributed by atoms with Crippen LogP contribution < -0.4 is 0 Å². The lowest BCUT2D eigenvalue weighted by Crippen LogP contribution is -2.09. The lowest BCUT2D eigenvalue weighted by molar-refractivity contribution is 0.164. The molecule has 1 aromatic rings. The highest BCUT2D eigenvalue weighted by molar-refractivity contribution is 9.08. The van der Waals surface area contributed by atoms with Gasteiger partial charge < -0.3 is 4.74 Å². The van der Waals surface area contributed by atoms with Gasteiger partial charge in [-0.2, -0.15) is 0 Å². The standard InChI is InChI=1S/C12H16BrNO3S/c1-3-17-12(15)14-18(16,4-2)11-7-5-10(9-13)6-8-11/h5-8H,3-4,9H2,1-2H3. The van der Waals surface area contributed by atoms with E-state index in [0.717, 1.165) is 10.9 Å². The second-order valence-electron chi connectivity index (χ2n) is 3.50. The summed E-state index contributed by atoms with van der Waals surface area (Å²) in [7, 11) is -2.72. The average molecular weight is 334 g/mol. The first-order valence-corrected chi connectivity index (χ1v) is 8.42. The molecule has 1 atom stereocenters. The van der Waals surface area contributed by atoms with Crippen LogP contribution in [0.5, 0.6) is 0 Å². The number of ether oxygens (including phenoxy) is 1. The number of carbonyl (C=O) groups is 1. The van der Waals surface area contributed by atoms with Crippen molar-refractivity contribution < 1.29 is 13.7 Å². The quantitative estimate of drug-likeness (QED) is 0.791. The van der Waals surface area contributed by atoms with E-state index in [2.05, 4.69) is 20.3 Å². The number of carbonyl (C=O) groups excluding carboxylic acids is 1. The molecule has 18 heavy (non-hydrogen) atoms. The second kappa shape index (κ2) is 6.89. The minimum atomic E-state index is -2.72. The minimum absolute atomic E-state index is 0.226. The van der Waals surface area contributed by atoms with Crippen molar-refractivity contribution in [2.75, 3.05) is 12.4 Å². The van der Waals surface area contributed by atoms with Crippen LogP contribution in [-0.4, -0.2) is 22.7 Å². The Labute approximate surface area is 116 Å². The smallest absolute Gasteiger partial charge is 0.442 e. The number of hydrogen-bond acceptors (Lipinski definition) is 3. The van der Waals surface area contributed by atoms with Crippen LogP contribution in [0.25, 0.3) is 0 Å². The second-order valence-corrected chi connectivity index (χ2v) is 6.57. The molecule has 0 spiro atoms. The number of alkyl halides is 1. The summed E-state index contributed by atoms with van der Waals surface area (Å²) >= 11 is 3.34. The molecule has 0 radical (unpaired) electrons. The molecule has 1 unspecified atom stereocenters. The number of rotatable bonds is 4. The molecule has 0 bridgehead atoms. The SMILES string of the molecule is CCOC(=O)N=S(=O)(CC)c1ccc(CBr)cc1. The van der Waals surface area contributed by atoms with Crippen molar-refractivity contribution >= 4 is 31.8 Å². The summed E-state index contributed by atoms with van der Waals surface area (Å²) in [4.78, 5) is 11.9. The summed E-state index contributed by atoms with van der Waals surface area (Å²) in [6, 6.07) is 7.20. The van der Waals surface area contributed by atoms with Crippen LogP contribution in [0.1, 0.15) is 19.4 Å². The lowest BCUT2D eigenvalue weighted by Gasteiger charge is -2.08. The molecule has 0 aliphatic carbocycles. The zero-order valence-electron chi connectivity index (χ0n) is 10.4. The third-order valence-corrected chi connectivity index (χ3v) is 5.21. The molecule has 0 heterocycles. The minimum Gasteiger partial charge on any atom is -0.448 e. The molecule has 6 heteroatoms. The zero-order chi connectivity index (χ0) is 13.6. The van der Waals surface area contributed by atoms with E-state index in [4.69, 9.17) is 4.74 Å². The molecule has 1 rings (SSSR count). The van der Waals surface area contributed by atoms with Crippen LogP contribution in [0, 0.1) is 0 Å². The summed E-state index contributed by atoms with van der Waals surface area (Å²) in [5.74, 6) is 0.277. The summed E-state index contributed by atoms with van der Waals surface area (Å²) in [6.07, 6.45) is -0.770. The van der Waals surface area contributed by atoms with Crippen molar-refractivity contribution in [1.29, 1.82) is 0 Å². The molecule has 0 aliphatic heterocycles. The summed E-state index contributed by atoms with van der Waals surface area (Å²) in [5, 5.41) is 0.732. The maximum absolute atomic E-state index is 12.6. The number of amides is 1. The monoisotopic (exact) mass is 333 g/mol. The van der Waals surface area contributed by atoms with Gasteiger partial charge in [0.2, 0.25) is 0 Å². The lowest BCUT2D eigenvalue weighted by atomic mass is 10.2. The van der Waals surface area contributed by atoms with Crippen LogP contribution in [0.4, 0.5) is 4.79 Å². The number of nitrogens with zero attached hydrogens (tertiary/aromatic N) is 1. The highest BCUT2D eigenvalue weighted by atomic mass is 79.9. The van der Waals surface area contributed by atoms with Gasteiger partial charge >= 0.3 is 6.09 Å². The molecule has 0 N–H and O–H groups in total. The maximum Gasteiger partial charge on any atom is 0.442 e. The van der Waals surface area contributed by atoms with Gasteiger partial charge in [-0.05, 0) is 24.6 Å². The molecular formula is C12H16BrNO3S. The Kier molecular flexibility index (Phi) is 5.81. The van der Waals surface area contributed by atoms with Gasteiger partial charge in [-0.1, -0.05) is 35.0 Å². The summed E-state index contributed by atoms with van der Waals surface area (Å²) < 4.78 is 21.0. The molecule has 0 saturated heterocycles. The van der Waals surface area contributed by atoms with Crippen molar-refractivity contribution in [1.82, 2.24) is 0 Å². The maximum atomic E-state index is 12.6. The van der Waals surface area contributed by atoms with E-state index in [-0.39, 0.29) is 12.4 Å². The average Bonchev–Trinajstić information content (AvgIpc) is 2.39. The van der Waals surface area contributed by atoms with E-state index in [0.29, 0.717) is 4.90 Å². The molecule has 4 nitrogen and oxygen atoms in total. The molecule has 1 aromatic carbocycles. The van der Waals surface area contributed by atoms with Crippen molar-refractivity contribution in [2.45, 2.75) is 24.1 Å². The van der Waals surface area contributed by atoms with Crippen LogP contribution in [0.15, 0.2) is 33.5 Å². The van der Waals surface area contributed by atoms with Gasteiger partial charge in [-0.15, -0.1) is 4.36 Å². The fraction of sp³-hybridized carbons (Fsp3) is 0.417. The van der Waals surface area contributed by atoms with Gasteiger partial charge in [0.1, 0.15) is 0 Å². The Morgan fingerprint density at radius 2 is 1.94 bits per heavy atom. The first-order chi connectivity index (χ1) is 8.55. The summed E-state index contributed by atoms with van der Waals surface area (Å²) in [6.45, 7) is 3.65. The Hall–Kier alpha value is -0.880. The molecule has 1 amide bonds. The van der Waals surface area contributed by atoms with E-state index >= 15 is 0 Å². The summed E-state index contributed by atoms with van der Waals surface area (Å²) in [5.41, 5.74) is 1.08. The Morgan fingerprint density at radius 1 is 1.33 bits per heavy atom. The number of hydrogen-bond donors (Lipinski definition) is 0. The Bertz CT molecular complexity index is 519. The predicted molar refractivity (Wildman–Crippen MR) is 75.5 cm³/mol. The predicted octanol–water partition coefficient (Wildman–Crippen LogP) is 3.58. The highest BCUT2D eigenvalue weighted by Crippen LogP contribution is 2.17. The number of halogens is 1. The molecule has 0 aliphatic rings. The molecule has 0 aromatic heterocycles. The van der Waals surface area contributed by atoms with Crippen molar-refractivity contribution in [2.24, 2.45) is 4.36 Å².